The van der Waals surface area contributed by atoms with Gasteiger partial charge >= 0.3 is 0 Å². The van der Waals surface area contributed by atoms with Gasteiger partial charge in [-0.2, -0.15) is 0 Å². The van der Waals surface area contributed by atoms with E-state index in [9.17, 15) is 4.79 Å². The largest absolute Gasteiger partial charge is 0.311 e. The lowest BCUT2D eigenvalue weighted by molar-refractivity contribution is -0.125. The lowest BCUT2D eigenvalue weighted by Gasteiger charge is -2.36. The molecule has 0 spiro atoms. The van der Waals surface area contributed by atoms with E-state index < -0.39 is 0 Å². The smallest absolute Gasteiger partial charge is 0.244 e. The second kappa shape index (κ2) is 6.92. The molecule has 0 aliphatic carbocycles. The first-order valence-electron chi connectivity index (χ1n) is 9.14. The molecule has 1 aromatic carbocycles. The quantitative estimate of drug-likeness (QED) is 0.727. The Morgan fingerprint density at radius 3 is 2.73 bits per heavy atom. The molecule has 1 fully saturated rings. The number of aromatic nitrogens is 2. The van der Waals surface area contributed by atoms with E-state index in [1.807, 2.05) is 54.4 Å². The highest BCUT2D eigenvalue weighted by atomic mass is 16.2. The van der Waals surface area contributed by atoms with Crippen LogP contribution in [0.25, 0.3) is 5.65 Å². The minimum Gasteiger partial charge on any atom is -0.311 e. The Kier molecular flexibility index (Phi) is 4.47. The molecule has 26 heavy (non-hydrogen) atoms. The van der Waals surface area contributed by atoms with E-state index in [-0.39, 0.29) is 11.9 Å². The van der Waals surface area contributed by atoms with Crippen LogP contribution >= 0.6 is 0 Å². The van der Waals surface area contributed by atoms with E-state index >= 15 is 0 Å². The number of carbonyl (C=O) groups is 1. The molecule has 1 aliphatic heterocycles. The van der Waals surface area contributed by atoms with Gasteiger partial charge in [0.05, 0.1) is 11.7 Å². The molecule has 1 atom stereocenters. The summed E-state index contributed by atoms with van der Waals surface area (Å²) >= 11 is 0. The van der Waals surface area contributed by atoms with Crippen LogP contribution in [0.15, 0.2) is 54.7 Å². The molecule has 1 unspecified atom stereocenters. The average molecular weight is 348 g/mol. The van der Waals surface area contributed by atoms with Gasteiger partial charge in [0.2, 0.25) is 5.91 Å². The van der Waals surface area contributed by atoms with Gasteiger partial charge in [-0.15, -0.1) is 0 Å². The molecular formula is C21H24N4O. The van der Waals surface area contributed by atoms with Crippen LogP contribution in [0.2, 0.25) is 0 Å². The number of nitrogens with zero attached hydrogens (tertiary/aromatic N) is 4. The van der Waals surface area contributed by atoms with Crippen molar-refractivity contribution in [1.82, 2.24) is 14.3 Å². The Balaban J connectivity index is 1.52. The standard InChI is InChI=1S/C21H24N4O/c1-16-8-6-12-20-22-17(15-25(16)20)14-23(2)19-11-7-13-24(21(19)26)18-9-4-3-5-10-18/h3-6,8-10,12,15,19H,7,11,13-14H2,1-2H3. The summed E-state index contributed by atoms with van der Waals surface area (Å²) in [7, 11) is 2.02. The summed E-state index contributed by atoms with van der Waals surface area (Å²) in [6.07, 6.45) is 3.98. The number of imidazole rings is 1. The van der Waals surface area contributed by atoms with Crippen LogP contribution in [-0.2, 0) is 11.3 Å². The number of rotatable bonds is 4. The van der Waals surface area contributed by atoms with Crippen LogP contribution in [0.1, 0.15) is 24.2 Å². The minimum absolute atomic E-state index is 0.102. The molecule has 1 saturated heterocycles. The van der Waals surface area contributed by atoms with Crippen molar-refractivity contribution in [2.75, 3.05) is 18.5 Å². The Morgan fingerprint density at radius 2 is 1.96 bits per heavy atom. The second-order valence-corrected chi connectivity index (χ2v) is 7.03. The SMILES string of the molecule is Cc1cccc2nc(CN(C)C3CCCN(c4ccccc4)C3=O)cn12. The van der Waals surface area contributed by atoms with E-state index in [0.717, 1.165) is 42.1 Å². The summed E-state index contributed by atoms with van der Waals surface area (Å²) in [6, 6.07) is 16.0. The molecular weight excluding hydrogens is 324 g/mol. The van der Waals surface area contributed by atoms with Gasteiger partial charge in [0.25, 0.3) is 0 Å². The van der Waals surface area contributed by atoms with Crippen molar-refractivity contribution in [2.45, 2.75) is 32.4 Å². The van der Waals surface area contributed by atoms with E-state index in [4.69, 9.17) is 4.98 Å². The van der Waals surface area contributed by atoms with Crippen LogP contribution in [0, 0.1) is 6.92 Å². The van der Waals surface area contributed by atoms with Crippen molar-refractivity contribution in [2.24, 2.45) is 0 Å². The van der Waals surface area contributed by atoms with Gasteiger partial charge < -0.3 is 9.30 Å². The summed E-state index contributed by atoms with van der Waals surface area (Å²) in [5, 5.41) is 0. The molecule has 0 saturated carbocycles. The Bertz CT molecular complexity index is 918. The molecule has 0 N–H and O–H groups in total. The number of carbonyl (C=O) groups excluding carboxylic acids is 1. The van der Waals surface area contributed by atoms with E-state index in [0.29, 0.717) is 6.54 Å². The van der Waals surface area contributed by atoms with Crippen LogP contribution < -0.4 is 4.90 Å². The molecule has 0 radical (unpaired) electrons. The van der Waals surface area contributed by atoms with Crippen molar-refractivity contribution in [3.8, 4) is 0 Å². The Labute approximate surface area is 153 Å². The number of hydrogen-bond acceptors (Lipinski definition) is 3. The second-order valence-electron chi connectivity index (χ2n) is 7.03. The van der Waals surface area contributed by atoms with Gasteiger partial charge in [0, 0.05) is 30.7 Å². The highest BCUT2D eigenvalue weighted by Crippen LogP contribution is 2.24. The Morgan fingerprint density at radius 1 is 1.15 bits per heavy atom. The number of fused-ring (bicyclic) bond motifs is 1. The fourth-order valence-electron chi connectivity index (χ4n) is 3.77. The maximum Gasteiger partial charge on any atom is 0.244 e. The molecule has 0 bridgehead atoms. The third kappa shape index (κ3) is 3.10. The molecule has 3 heterocycles. The van der Waals surface area contributed by atoms with E-state index in [2.05, 4.69) is 28.5 Å². The lowest BCUT2D eigenvalue weighted by atomic mass is 10.0. The van der Waals surface area contributed by atoms with Crippen LogP contribution in [0.4, 0.5) is 5.69 Å². The summed E-state index contributed by atoms with van der Waals surface area (Å²) in [5.41, 5.74) is 4.09. The monoisotopic (exact) mass is 348 g/mol. The summed E-state index contributed by atoms with van der Waals surface area (Å²) in [4.78, 5) is 21.8. The number of hydrogen-bond donors (Lipinski definition) is 0. The van der Waals surface area contributed by atoms with Gasteiger partial charge in [0.1, 0.15) is 5.65 Å². The first-order chi connectivity index (χ1) is 12.6. The van der Waals surface area contributed by atoms with Crippen molar-refractivity contribution in [3.63, 3.8) is 0 Å². The summed E-state index contributed by atoms with van der Waals surface area (Å²) in [6.45, 7) is 3.53. The third-order valence-corrected chi connectivity index (χ3v) is 5.17. The highest BCUT2D eigenvalue weighted by Gasteiger charge is 2.32. The van der Waals surface area contributed by atoms with E-state index in [1.54, 1.807) is 0 Å². The first kappa shape index (κ1) is 16.8. The topological polar surface area (TPSA) is 40.9 Å². The average Bonchev–Trinajstić information content (AvgIpc) is 3.06. The van der Waals surface area contributed by atoms with Crippen LogP contribution in [0.5, 0.6) is 0 Å². The maximum atomic E-state index is 13.0. The number of benzene rings is 1. The molecule has 2 aromatic heterocycles. The van der Waals surface area contributed by atoms with Crippen molar-refractivity contribution < 1.29 is 4.79 Å². The molecule has 4 rings (SSSR count). The number of piperidine rings is 1. The van der Waals surface area contributed by atoms with Gasteiger partial charge in [-0.1, -0.05) is 24.3 Å². The lowest BCUT2D eigenvalue weighted by Crippen LogP contribution is -2.51. The fraction of sp³-hybridized carbons (Fsp3) is 0.333. The molecule has 5 nitrogen and oxygen atoms in total. The summed E-state index contributed by atoms with van der Waals surface area (Å²) in [5.74, 6) is 0.185. The van der Waals surface area contributed by atoms with E-state index in [1.165, 1.54) is 0 Å². The highest BCUT2D eigenvalue weighted by molar-refractivity contribution is 5.97. The number of aryl methyl sites for hydroxylation is 1. The number of pyridine rings is 1. The van der Waals surface area contributed by atoms with Gasteiger partial charge in [0.15, 0.2) is 0 Å². The maximum absolute atomic E-state index is 13.0. The predicted octanol–water partition coefficient (Wildman–Crippen LogP) is 3.27. The predicted molar refractivity (Wildman–Crippen MR) is 103 cm³/mol. The number of anilines is 1. The summed E-state index contributed by atoms with van der Waals surface area (Å²) < 4.78 is 2.10. The van der Waals surface area contributed by atoms with Gasteiger partial charge in [-0.3, -0.25) is 9.69 Å². The molecule has 3 aromatic rings. The number of amides is 1. The molecule has 1 amide bonds. The normalized spacial score (nSPS) is 18.0. The zero-order chi connectivity index (χ0) is 18.1. The zero-order valence-electron chi connectivity index (χ0n) is 15.3. The zero-order valence-corrected chi connectivity index (χ0v) is 15.3. The van der Waals surface area contributed by atoms with Crippen LogP contribution in [-0.4, -0.2) is 39.8 Å². The molecule has 1 aliphatic rings. The molecule has 5 heteroatoms. The fourth-order valence-corrected chi connectivity index (χ4v) is 3.77. The van der Waals surface area contributed by atoms with Crippen LogP contribution in [0.3, 0.4) is 0 Å². The first-order valence-corrected chi connectivity index (χ1v) is 9.14. The number of para-hydroxylation sites is 1. The minimum atomic E-state index is -0.102. The van der Waals surface area contributed by atoms with Crippen molar-refractivity contribution in [1.29, 1.82) is 0 Å². The van der Waals surface area contributed by atoms with Crippen molar-refractivity contribution in [3.05, 3.63) is 66.1 Å². The third-order valence-electron chi connectivity index (χ3n) is 5.17. The van der Waals surface area contributed by atoms with Gasteiger partial charge in [-0.05, 0) is 51.1 Å². The van der Waals surface area contributed by atoms with Crippen molar-refractivity contribution >= 4 is 17.2 Å². The van der Waals surface area contributed by atoms with Gasteiger partial charge in [-0.25, -0.2) is 4.98 Å². The number of likely N-dealkylation sites (N-methyl/N-ethyl adjacent to an activating group) is 1. The Hall–Kier alpha value is -2.66. The molecule has 134 valence electrons.